The molecule has 2 aromatic rings. The Labute approximate surface area is 176 Å². The van der Waals surface area contributed by atoms with Crippen LogP contribution in [-0.2, 0) is 11.2 Å². The zero-order valence-electron chi connectivity index (χ0n) is 15.6. The lowest BCUT2D eigenvalue weighted by Crippen LogP contribution is -2.40. The number of hydrogen-bond donors (Lipinski definition) is 2. The zero-order chi connectivity index (χ0) is 18.6. The van der Waals surface area contributed by atoms with E-state index in [1.165, 1.54) is 12.1 Å². The first-order valence-corrected chi connectivity index (χ1v) is 8.63. The van der Waals surface area contributed by atoms with E-state index >= 15 is 0 Å². The molecule has 2 rings (SSSR count). The van der Waals surface area contributed by atoms with Gasteiger partial charge in [0.25, 0.3) is 0 Å². The molecule has 27 heavy (non-hydrogen) atoms. The van der Waals surface area contributed by atoms with Gasteiger partial charge in [0.05, 0.1) is 19.4 Å². The lowest BCUT2D eigenvalue weighted by atomic mass is 10.3. The summed E-state index contributed by atoms with van der Waals surface area (Å²) in [4.78, 5) is 4.52. The second-order valence-electron chi connectivity index (χ2n) is 5.75. The van der Waals surface area contributed by atoms with Crippen molar-refractivity contribution >= 4 is 29.9 Å². The van der Waals surface area contributed by atoms with Gasteiger partial charge in [0.2, 0.25) is 0 Å². The summed E-state index contributed by atoms with van der Waals surface area (Å²) in [6, 6.07) is 9.89. The molecule has 6 nitrogen and oxygen atoms in total. The molecule has 0 saturated carbocycles. The highest BCUT2D eigenvalue weighted by molar-refractivity contribution is 14.0. The maximum atomic E-state index is 13.2. The average Bonchev–Trinajstić information content (AvgIpc) is 3.13. The van der Waals surface area contributed by atoms with Crippen LogP contribution in [0.25, 0.3) is 0 Å². The molecule has 1 aromatic heterocycles. The number of rotatable bonds is 10. The van der Waals surface area contributed by atoms with Crippen LogP contribution in [0.3, 0.4) is 0 Å². The lowest BCUT2D eigenvalue weighted by Gasteiger charge is -2.15. The SMILES string of the molecule is COCCNC(=NCC(C)Oc1cccc(F)c1)NCCc1ccco1.I. The van der Waals surface area contributed by atoms with E-state index in [2.05, 4.69) is 15.6 Å². The summed E-state index contributed by atoms with van der Waals surface area (Å²) in [5.41, 5.74) is 0. The highest BCUT2D eigenvalue weighted by atomic mass is 127. The molecule has 0 aliphatic heterocycles. The third-order valence-electron chi connectivity index (χ3n) is 3.48. The van der Waals surface area contributed by atoms with Crippen LogP contribution in [-0.4, -0.2) is 45.4 Å². The van der Waals surface area contributed by atoms with E-state index in [4.69, 9.17) is 13.9 Å². The standard InChI is InChI=1S/C19H26FN3O3.HI/c1-15(26-18-6-3-5-16(20)13-18)14-23-19(22-10-12-24-2)21-9-8-17-7-4-11-25-17;/h3-7,11,13,15H,8-10,12,14H2,1-2H3,(H2,21,22,23);1H. The van der Waals surface area contributed by atoms with Crippen molar-refractivity contribution in [1.29, 1.82) is 0 Å². The summed E-state index contributed by atoms with van der Waals surface area (Å²) in [5, 5.41) is 6.45. The number of nitrogens with one attached hydrogen (secondary N) is 2. The lowest BCUT2D eigenvalue weighted by molar-refractivity contribution is 0.203. The van der Waals surface area contributed by atoms with Gasteiger partial charge in [-0.25, -0.2) is 9.38 Å². The Morgan fingerprint density at radius 1 is 1.22 bits per heavy atom. The van der Waals surface area contributed by atoms with Gasteiger partial charge >= 0.3 is 0 Å². The summed E-state index contributed by atoms with van der Waals surface area (Å²) < 4.78 is 29.3. The summed E-state index contributed by atoms with van der Waals surface area (Å²) in [6.07, 6.45) is 2.22. The molecule has 0 saturated heterocycles. The van der Waals surface area contributed by atoms with E-state index in [9.17, 15) is 4.39 Å². The van der Waals surface area contributed by atoms with Crippen molar-refractivity contribution in [3.8, 4) is 5.75 Å². The van der Waals surface area contributed by atoms with Crippen LogP contribution in [0.5, 0.6) is 5.75 Å². The van der Waals surface area contributed by atoms with Crippen molar-refractivity contribution in [2.75, 3.05) is 33.4 Å². The number of benzene rings is 1. The van der Waals surface area contributed by atoms with E-state index in [0.29, 0.717) is 38.0 Å². The Balaban J connectivity index is 0.00000364. The topological polar surface area (TPSA) is 68.0 Å². The predicted molar refractivity (Wildman–Crippen MR) is 115 cm³/mol. The Morgan fingerprint density at radius 3 is 2.74 bits per heavy atom. The van der Waals surface area contributed by atoms with Crippen molar-refractivity contribution in [3.05, 3.63) is 54.2 Å². The van der Waals surface area contributed by atoms with Gasteiger partial charge in [-0.1, -0.05) is 6.07 Å². The molecule has 1 unspecified atom stereocenters. The summed E-state index contributed by atoms with van der Waals surface area (Å²) in [7, 11) is 1.65. The van der Waals surface area contributed by atoms with Gasteiger partial charge in [-0.3, -0.25) is 0 Å². The molecule has 0 aliphatic carbocycles. The van der Waals surface area contributed by atoms with Crippen molar-refractivity contribution in [2.45, 2.75) is 19.4 Å². The normalized spacial score (nSPS) is 12.2. The van der Waals surface area contributed by atoms with Gasteiger partial charge in [-0.15, -0.1) is 24.0 Å². The molecule has 150 valence electrons. The largest absolute Gasteiger partial charge is 0.489 e. The number of furan rings is 1. The number of aliphatic imine (C=N–C) groups is 1. The minimum Gasteiger partial charge on any atom is -0.489 e. The van der Waals surface area contributed by atoms with Gasteiger partial charge < -0.3 is 24.5 Å². The third kappa shape index (κ3) is 9.62. The van der Waals surface area contributed by atoms with Crippen molar-refractivity contribution in [1.82, 2.24) is 10.6 Å². The van der Waals surface area contributed by atoms with E-state index in [-0.39, 0.29) is 35.9 Å². The first kappa shape index (κ1) is 23.2. The predicted octanol–water partition coefficient (Wildman–Crippen LogP) is 3.23. The number of guanidine groups is 1. The summed E-state index contributed by atoms with van der Waals surface area (Å²) in [6.45, 7) is 4.23. The quantitative estimate of drug-likeness (QED) is 0.231. The second kappa shape index (κ2) is 13.4. The Hall–Kier alpha value is -1.81. The summed E-state index contributed by atoms with van der Waals surface area (Å²) in [5.74, 6) is 1.76. The van der Waals surface area contributed by atoms with E-state index in [0.717, 1.165) is 12.2 Å². The van der Waals surface area contributed by atoms with Crippen LogP contribution in [0.1, 0.15) is 12.7 Å². The van der Waals surface area contributed by atoms with Crippen LogP contribution < -0.4 is 15.4 Å². The highest BCUT2D eigenvalue weighted by Gasteiger charge is 2.06. The van der Waals surface area contributed by atoms with E-state index < -0.39 is 0 Å². The molecule has 0 fully saturated rings. The molecule has 1 atom stereocenters. The maximum absolute atomic E-state index is 13.2. The fraction of sp³-hybridized carbons (Fsp3) is 0.421. The molecule has 0 spiro atoms. The Morgan fingerprint density at radius 2 is 2.04 bits per heavy atom. The molecule has 2 N–H and O–H groups in total. The van der Waals surface area contributed by atoms with E-state index in [1.807, 2.05) is 19.1 Å². The van der Waals surface area contributed by atoms with Crippen LogP contribution >= 0.6 is 24.0 Å². The van der Waals surface area contributed by atoms with E-state index in [1.54, 1.807) is 25.5 Å². The fourth-order valence-corrected chi connectivity index (χ4v) is 2.23. The van der Waals surface area contributed by atoms with Crippen molar-refractivity contribution in [2.24, 2.45) is 4.99 Å². The molecular formula is C19H27FIN3O3. The average molecular weight is 491 g/mol. The molecule has 0 aliphatic rings. The zero-order valence-corrected chi connectivity index (χ0v) is 17.9. The van der Waals surface area contributed by atoms with Crippen molar-refractivity contribution < 1.29 is 18.3 Å². The maximum Gasteiger partial charge on any atom is 0.191 e. The number of nitrogens with zero attached hydrogens (tertiary/aromatic N) is 1. The van der Waals surface area contributed by atoms with Gasteiger partial charge in [0.1, 0.15) is 23.4 Å². The van der Waals surface area contributed by atoms with Crippen LogP contribution in [0.4, 0.5) is 4.39 Å². The molecular weight excluding hydrogens is 464 g/mol. The minimum absolute atomic E-state index is 0. The molecule has 1 heterocycles. The Bertz CT molecular complexity index is 668. The molecule has 1 aromatic carbocycles. The van der Waals surface area contributed by atoms with Gasteiger partial charge in [0.15, 0.2) is 5.96 Å². The van der Waals surface area contributed by atoms with Crippen LogP contribution in [0, 0.1) is 5.82 Å². The minimum atomic E-state index is -0.320. The van der Waals surface area contributed by atoms with Crippen LogP contribution in [0.2, 0.25) is 0 Å². The van der Waals surface area contributed by atoms with Gasteiger partial charge in [0, 0.05) is 32.7 Å². The second-order valence-corrected chi connectivity index (χ2v) is 5.75. The first-order valence-electron chi connectivity index (χ1n) is 8.63. The molecule has 0 radical (unpaired) electrons. The first-order chi connectivity index (χ1) is 12.7. The molecule has 0 amide bonds. The van der Waals surface area contributed by atoms with Crippen molar-refractivity contribution in [3.63, 3.8) is 0 Å². The third-order valence-corrected chi connectivity index (χ3v) is 3.48. The number of methoxy groups -OCH3 is 1. The molecule has 0 bridgehead atoms. The fourth-order valence-electron chi connectivity index (χ4n) is 2.23. The number of halogens is 2. The monoisotopic (exact) mass is 491 g/mol. The van der Waals surface area contributed by atoms with Crippen LogP contribution in [0.15, 0.2) is 52.1 Å². The van der Waals surface area contributed by atoms with Gasteiger partial charge in [-0.05, 0) is 31.2 Å². The van der Waals surface area contributed by atoms with Gasteiger partial charge in [-0.2, -0.15) is 0 Å². The molecule has 8 heteroatoms. The Kier molecular flexibility index (Phi) is 11.5. The number of ether oxygens (including phenoxy) is 2. The highest BCUT2D eigenvalue weighted by Crippen LogP contribution is 2.13. The number of hydrogen-bond acceptors (Lipinski definition) is 4. The smallest absolute Gasteiger partial charge is 0.191 e. The summed E-state index contributed by atoms with van der Waals surface area (Å²) >= 11 is 0.